The average Bonchev–Trinajstić information content (AvgIpc) is 2.59. The van der Waals surface area contributed by atoms with Crippen LogP contribution in [0.3, 0.4) is 0 Å². The third kappa shape index (κ3) is 2.83. The van der Waals surface area contributed by atoms with Crippen LogP contribution in [0, 0.1) is 16.7 Å². The molecule has 120 valence electrons. The number of carbonyl (C=O) groups is 1. The zero-order chi connectivity index (χ0) is 16.0. The van der Waals surface area contributed by atoms with Gasteiger partial charge in [-0.3, -0.25) is 4.79 Å². The first-order chi connectivity index (χ1) is 10.3. The number of anilines is 1. The number of rotatable bonds is 3. The highest BCUT2D eigenvalue weighted by molar-refractivity contribution is 9.10. The number of amides is 1. The molecule has 0 aromatic heterocycles. The Morgan fingerprint density at radius 2 is 2.00 bits per heavy atom. The van der Waals surface area contributed by atoms with Crippen molar-refractivity contribution in [3.63, 3.8) is 0 Å². The molecule has 1 saturated heterocycles. The second-order valence-corrected chi connectivity index (χ2v) is 8.80. The molecule has 1 aliphatic heterocycles. The van der Waals surface area contributed by atoms with Crippen molar-refractivity contribution in [1.82, 2.24) is 0 Å². The van der Waals surface area contributed by atoms with Gasteiger partial charge in [0.05, 0.1) is 13.1 Å². The summed E-state index contributed by atoms with van der Waals surface area (Å²) >= 11 is 3.41. The molecule has 3 rings (SSSR count). The Bertz CT molecular complexity index is 569. The molecule has 1 aromatic carbocycles. The highest BCUT2D eigenvalue weighted by Gasteiger charge is 2.57. The Hall–Kier alpha value is -0.870. The minimum atomic E-state index is 0.125. The molecular weight excluding hydrogens is 340 g/mol. The molecule has 1 saturated carbocycles. The molecular formula is C18H26BrN2O+. The van der Waals surface area contributed by atoms with Gasteiger partial charge in [-0.1, -0.05) is 36.7 Å². The lowest BCUT2D eigenvalue weighted by Gasteiger charge is -2.47. The SMILES string of the molecule is CC1(C)[C@H]2CC[C@@]1(C)C[NH+](CC(=O)Nc1ccc(Br)cc1)C2. The van der Waals surface area contributed by atoms with E-state index in [1.165, 1.54) is 17.7 Å². The second kappa shape index (κ2) is 5.64. The molecule has 1 heterocycles. The van der Waals surface area contributed by atoms with Crippen LogP contribution in [0.2, 0.25) is 0 Å². The highest BCUT2D eigenvalue weighted by Crippen LogP contribution is 2.56. The number of halogens is 1. The summed E-state index contributed by atoms with van der Waals surface area (Å²) in [6.45, 7) is 10.1. The number of nitrogens with one attached hydrogen (secondary N) is 2. The fraction of sp³-hybridized carbons (Fsp3) is 0.611. The summed E-state index contributed by atoms with van der Waals surface area (Å²) in [6.07, 6.45) is 2.63. The summed E-state index contributed by atoms with van der Waals surface area (Å²) in [4.78, 5) is 13.8. The number of benzene rings is 1. The molecule has 2 fully saturated rings. The van der Waals surface area contributed by atoms with Gasteiger partial charge >= 0.3 is 0 Å². The van der Waals surface area contributed by atoms with E-state index in [0.717, 1.165) is 29.2 Å². The van der Waals surface area contributed by atoms with Gasteiger partial charge in [0.25, 0.3) is 5.91 Å². The quantitative estimate of drug-likeness (QED) is 0.848. The van der Waals surface area contributed by atoms with E-state index in [1.807, 2.05) is 24.3 Å². The van der Waals surface area contributed by atoms with Gasteiger partial charge in [-0.25, -0.2) is 0 Å². The first kappa shape index (κ1) is 16.0. The molecule has 4 heteroatoms. The van der Waals surface area contributed by atoms with Crippen molar-refractivity contribution >= 4 is 27.5 Å². The van der Waals surface area contributed by atoms with E-state index in [-0.39, 0.29) is 5.91 Å². The summed E-state index contributed by atoms with van der Waals surface area (Å²) in [6, 6.07) is 7.77. The number of quaternary nitrogens is 1. The predicted octanol–water partition coefficient (Wildman–Crippen LogP) is 2.73. The van der Waals surface area contributed by atoms with Crippen LogP contribution in [-0.2, 0) is 4.79 Å². The number of likely N-dealkylation sites (tertiary alicyclic amines) is 1. The summed E-state index contributed by atoms with van der Waals surface area (Å²) in [5.41, 5.74) is 1.67. The fourth-order valence-electron chi connectivity index (χ4n) is 4.41. The van der Waals surface area contributed by atoms with Gasteiger partial charge in [0, 0.05) is 21.5 Å². The summed E-state index contributed by atoms with van der Waals surface area (Å²) in [7, 11) is 0. The minimum Gasteiger partial charge on any atom is -0.326 e. The van der Waals surface area contributed by atoms with Crippen LogP contribution in [0.15, 0.2) is 28.7 Å². The molecule has 0 radical (unpaired) electrons. The van der Waals surface area contributed by atoms with Crippen molar-refractivity contribution < 1.29 is 9.69 Å². The van der Waals surface area contributed by atoms with Crippen LogP contribution in [-0.4, -0.2) is 25.5 Å². The topological polar surface area (TPSA) is 33.5 Å². The van der Waals surface area contributed by atoms with Gasteiger partial charge in [0.2, 0.25) is 0 Å². The van der Waals surface area contributed by atoms with E-state index in [4.69, 9.17) is 0 Å². The normalized spacial score (nSPS) is 32.7. The van der Waals surface area contributed by atoms with Gasteiger partial charge in [0.15, 0.2) is 6.54 Å². The molecule has 2 N–H and O–H groups in total. The smallest absolute Gasteiger partial charge is 0.279 e. The van der Waals surface area contributed by atoms with E-state index < -0.39 is 0 Å². The van der Waals surface area contributed by atoms with Gasteiger partial charge in [0.1, 0.15) is 0 Å². The molecule has 22 heavy (non-hydrogen) atoms. The van der Waals surface area contributed by atoms with E-state index >= 15 is 0 Å². The number of piperidine rings is 1. The molecule has 3 nitrogen and oxygen atoms in total. The van der Waals surface area contributed by atoms with Crippen molar-refractivity contribution in [2.45, 2.75) is 33.6 Å². The van der Waals surface area contributed by atoms with E-state index in [1.54, 1.807) is 0 Å². The molecule has 1 aromatic rings. The first-order valence-corrected chi connectivity index (χ1v) is 8.98. The van der Waals surface area contributed by atoms with Crippen LogP contribution in [0.1, 0.15) is 33.6 Å². The molecule has 1 aliphatic carbocycles. The van der Waals surface area contributed by atoms with Gasteiger partial charge in [-0.2, -0.15) is 0 Å². The number of carbonyl (C=O) groups excluding carboxylic acids is 1. The molecule has 2 aliphatic rings. The van der Waals surface area contributed by atoms with Gasteiger partial charge in [-0.05, 0) is 42.5 Å². The van der Waals surface area contributed by atoms with Crippen LogP contribution < -0.4 is 10.2 Å². The van der Waals surface area contributed by atoms with Crippen molar-refractivity contribution in [2.24, 2.45) is 16.7 Å². The standard InChI is InChI=1S/C18H25BrN2O/c1-17(2)13-8-9-18(17,3)12-21(10-13)11-16(22)20-15-6-4-14(19)5-7-15/h4-7,13H,8-12H2,1-3H3,(H,20,22)/p+1/t13-,18-/m0/s1. The van der Waals surface area contributed by atoms with Crippen LogP contribution in [0.4, 0.5) is 5.69 Å². The Kier molecular flexibility index (Phi) is 4.11. The van der Waals surface area contributed by atoms with E-state index in [2.05, 4.69) is 42.0 Å². The second-order valence-electron chi connectivity index (χ2n) is 7.88. The highest BCUT2D eigenvalue weighted by atomic mass is 79.9. The Balaban J connectivity index is 1.60. The maximum absolute atomic E-state index is 12.3. The van der Waals surface area contributed by atoms with Crippen molar-refractivity contribution in [2.75, 3.05) is 25.0 Å². The number of fused-ring (bicyclic) bond motifs is 2. The van der Waals surface area contributed by atoms with Gasteiger partial charge in [-0.15, -0.1) is 0 Å². The molecule has 1 unspecified atom stereocenters. The zero-order valence-electron chi connectivity index (χ0n) is 13.7. The summed E-state index contributed by atoms with van der Waals surface area (Å²) in [5.74, 6) is 0.877. The Labute approximate surface area is 141 Å². The van der Waals surface area contributed by atoms with Crippen LogP contribution in [0.25, 0.3) is 0 Å². The minimum absolute atomic E-state index is 0.125. The lowest BCUT2D eigenvalue weighted by atomic mass is 9.63. The lowest BCUT2D eigenvalue weighted by molar-refractivity contribution is -0.910. The fourth-order valence-corrected chi connectivity index (χ4v) is 4.68. The summed E-state index contributed by atoms with van der Waals surface area (Å²) < 4.78 is 1.03. The van der Waals surface area contributed by atoms with Crippen molar-refractivity contribution in [3.05, 3.63) is 28.7 Å². The monoisotopic (exact) mass is 365 g/mol. The van der Waals surface area contributed by atoms with E-state index in [0.29, 0.717) is 17.4 Å². The van der Waals surface area contributed by atoms with E-state index in [9.17, 15) is 4.79 Å². The average molecular weight is 366 g/mol. The lowest BCUT2D eigenvalue weighted by Crippen LogP contribution is -3.16. The molecule has 2 bridgehead atoms. The Morgan fingerprint density at radius 1 is 1.32 bits per heavy atom. The summed E-state index contributed by atoms with van der Waals surface area (Å²) in [5, 5.41) is 3.02. The third-order valence-corrected chi connectivity index (χ3v) is 6.86. The van der Waals surface area contributed by atoms with Crippen molar-refractivity contribution in [1.29, 1.82) is 0 Å². The zero-order valence-corrected chi connectivity index (χ0v) is 15.3. The van der Waals surface area contributed by atoms with Crippen molar-refractivity contribution in [3.8, 4) is 0 Å². The first-order valence-electron chi connectivity index (χ1n) is 8.19. The predicted molar refractivity (Wildman–Crippen MR) is 92.9 cm³/mol. The maximum Gasteiger partial charge on any atom is 0.279 e. The molecule has 3 atom stereocenters. The van der Waals surface area contributed by atoms with Gasteiger partial charge < -0.3 is 10.2 Å². The van der Waals surface area contributed by atoms with Crippen LogP contribution in [0.5, 0.6) is 0 Å². The van der Waals surface area contributed by atoms with Crippen LogP contribution >= 0.6 is 15.9 Å². The third-order valence-electron chi connectivity index (χ3n) is 6.33. The maximum atomic E-state index is 12.3. The number of hydrogen-bond donors (Lipinski definition) is 2. The number of hydrogen-bond acceptors (Lipinski definition) is 1. The molecule has 0 spiro atoms. The molecule has 1 amide bonds. The Morgan fingerprint density at radius 3 is 2.64 bits per heavy atom. The largest absolute Gasteiger partial charge is 0.326 e.